The molecule has 0 fully saturated rings. The topological polar surface area (TPSA) is 58.6 Å². The van der Waals surface area contributed by atoms with E-state index < -0.39 is 11.7 Å². The summed E-state index contributed by atoms with van der Waals surface area (Å²) >= 11 is 5.92. The molecule has 2 amide bonds. The third-order valence-corrected chi connectivity index (χ3v) is 4.30. The normalized spacial score (nSPS) is 12.8. The molecule has 1 aliphatic rings. The number of nitrogens with one attached hydrogen (secondary N) is 1. The van der Waals surface area contributed by atoms with Gasteiger partial charge in [-0.2, -0.15) is 0 Å². The molecule has 0 spiro atoms. The Morgan fingerprint density at radius 1 is 1.28 bits per heavy atom. The van der Waals surface area contributed by atoms with E-state index in [0.29, 0.717) is 12.2 Å². The number of anilines is 2. The fourth-order valence-electron chi connectivity index (χ4n) is 2.79. The van der Waals surface area contributed by atoms with E-state index in [4.69, 9.17) is 16.3 Å². The number of methoxy groups -OCH3 is 1. The van der Waals surface area contributed by atoms with Crippen molar-refractivity contribution in [3.05, 3.63) is 58.4 Å². The molecule has 0 saturated carbocycles. The number of hydrogen-bond donors (Lipinski definition) is 1. The van der Waals surface area contributed by atoms with Gasteiger partial charge in [-0.3, -0.25) is 9.59 Å². The van der Waals surface area contributed by atoms with Crippen LogP contribution in [0.3, 0.4) is 0 Å². The Morgan fingerprint density at radius 2 is 2.08 bits per heavy atom. The summed E-state index contributed by atoms with van der Waals surface area (Å²) in [6.45, 7) is 0.583. The van der Waals surface area contributed by atoms with Crippen molar-refractivity contribution in [1.29, 1.82) is 0 Å². The zero-order chi connectivity index (χ0) is 18.0. The number of rotatable bonds is 4. The van der Waals surface area contributed by atoms with Crippen molar-refractivity contribution >= 4 is 34.8 Å². The number of hydrogen-bond acceptors (Lipinski definition) is 3. The number of nitrogens with zero attached hydrogens (tertiary/aromatic N) is 1. The Kier molecular flexibility index (Phi) is 5.01. The second-order valence-corrected chi connectivity index (χ2v) is 6.06. The third-order valence-electron chi connectivity index (χ3n) is 3.98. The lowest BCUT2D eigenvalue weighted by atomic mass is 10.1. The number of benzene rings is 2. The maximum Gasteiger partial charge on any atom is 0.257 e. The zero-order valence-electron chi connectivity index (χ0n) is 13.5. The maximum absolute atomic E-state index is 13.1. The molecule has 1 N–H and O–H groups in total. The van der Waals surface area contributed by atoms with Crippen LogP contribution in [0.15, 0.2) is 36.4 Å². The van der Waals surface area contributed by atoms with E-state index in [9.17, 15) is 14.0 Å². The van der Waals surface area contributed by atoms with Gasteiger partial charge in [0.1, 0.15) is 12.4 Å². The van der Waals surface area contributed by atoms with Crippen molar-refractivity contribution in [2.24, 2.45) is 0 Å². The summed E-state index contributed by atoms with van der Waals surface area (Å²) in [7, 11) is 1.47. The molecule has 2 aromatic carbocycles. The highest BCUT2D eigenvalue weighted by molar-refractivity contribution is 6.34. The lowest BCUT2D eigenvalue weighted by Crippen LogP contribution is -2.32. The Labute approximate surface area is 149 Å². The molecule has 1 heterocycles. The summed E-state index contributed by atoms with van der Waals surface area (Å²) in [5.74, 6) is -1.09. The van der Waals surface area contributed by atoms with E-state index in [1.54, 1.807) is 17.0 Å². The SMILES string of the molecule is COCC(=O)N1CCc2ccc(NC(=O)c3ccc(F)cc3Cl)cc21. The summed E-state index contributed by atoms with van der Waals surface area (Å²) < 4.78 is 18.0. The maximum atomic E-state index is 13.1. The van der Waals surface area contributed by atoms with E-state index in [-0.39, 0.29) is 23.1 Å². The lowest BCUT2D eigenvalue weighted by Gasteiger charge is -2.17. The summed E-state index contributed by atoms with van der Waals surface area (Å²) in [6.07, 6.45) is 0.753. The summed E-state index contributed by atoms with van der Waals surface area (Å²) in [6, 6.07) is 8.97. The molecule has 0 atom stereocenters. The summed E-state index contributed by atoms with van der Waals surface area (Å²) in [5.41, 5.74) is 2.49. The Balaban J connectivity index is 1.81. The van der Waals surface area contributed by atoms with E-state index in [0.717, 1.165) is 23.7 Å². The van der Waals surface area contributed by atoms with Crippen LogP contribution in [-0.2, 0) is 16.0 Å². The molecule has 2 aromatic rings. The van der Waals surface area contributed by atoms with Crippen molar-refractivity contribution in [2.75, 3.05) is 30.5 Å². The van der Waals surface area contributed by atoms with Crippen molar-refractivity contribution in [2.45, 2.75) is 6.42 Å². The highest BCUT2D eigenvalue weighted by Gasteiger charge is 2.25. The van der Waals surface area contributed by atoms with Gasteiger partial charge >= 0.3 is 0 Å². The second-order valence-electron chi connectivity index (χ2n) is 5.65. The molecule has 1 aliphatic heterocycles. The number of carbonyl (C=O) groups excluding carboxylic acids is 2. The minimum atomic E-state index is -0.508. The average Bonchev–Trinajstić information content (AvgIpc) is 2.98. The molecule has 0 bridgehead atoms. The average molecular weight is 363 g/mol. The smallest absolute Gasteiger partial charge is 0.257 e. The molecule has 0 aliphatic carbocycles. The molecule has 7 heteroatoms. The minimum Gasteiger partial charge on any atom is -0.375 e. The number of amides is 2. The third kappa shape index (κ3) is 3.65. The van der Waals surface area contributed by atoms with Gasteiger partial charge in [-0.25, -0.2) is 4.39 Å². The van der Waals surface area contributed by atoms with Gasteiger partial charge in [0.05, 0.1) is 10.6 Å². The first-order valence-electron chi connectivity index (χ1n) is 7.68. The van der Waals surface area contributed by atoms with Gasteiger partial charge in [-0.05, 0) is 42.3 Å². The van der Waals surface area contributed by atoms with Gasteiger partial charge < -0.3 is 15.0 Å². The largest absolute Gasteiger partial charge is 0.375 e. The number of carbonyl (C=O) groups is 2. The second kappa shape index (κ2) is 7.21. The van der Waals surface area contributed by atoms with Crippen LogP contribution in [0, 0.1) is 5.82 Å². The molecular formula is C18H16ClFN2O3. The number of ether oxygens (including phenoxy) is 1. The summed E-state index contributed by atoms with van der Waals surface area (Å²) in [4.78, 5) is 26.1. The first-order chi connectivity index (χ1) is 12.0. The van der Waals surface area contributed by atoms with Crippen LogP contribution in [-0.4, -0.2) is 32.1 Å². The van der Waals surface area contributed by atoms with E-state index in [1.807, 2.05) is 6.07 Å². The first kappa shape index (κ1) is 17.4. The number of fused-ring (bicyclic) bond motifs is 1. The van der Waals surface area contributed by atoms with Gasteiger partial charge in [0, 0.05) is 25.0 Å². The molecule has 130 valence electrons. The Morgan fingerprint density at radius 3 is 2.80 bits per heavy atom. The quantitative estimate of drug-likeness (QED) is 0.908. The zero-order valence-corrected chi connectivity index (χ0v) is 14.3. The highest BCUT2D eigenvalue weighted by Crippen LogP contribution is 2.31. The number of halogens is 2. The van der Waals surface area contributed by atoms with Crippen molar-refractivity contribution in [3.63, 3.8) is 0 Å². The summed E-state index contributed by atoms with van der Waals surface area (Å²) in [5, 5.41) is 2.76. The van der Waals surface area contributed by atoms with E-state index in [2.05, 4.69) is 5.32 Å². The van der Waals surface area contributed by atoms with Gasteiger partial charge in [-0.15, -0.1) is 0 Å². The van der Waals surface area contributed by atoms with Crippen molar-refractivity contribution in [3.8, 4) is 0 Å². The van der Waals surface area contributed by atoms with Crippen LogP contribution in [0.2, 0.25) is 5.02 Å². The van der Waals surface area contributed by atoms with Crippen molar-refractivity contribution in [1.82, 2.24) is 0 Å². The van der Waals surface area contributed by atoms with E-state index in [1.165, 1.54) is 19.2 Å². The van der Waals surface area contributed by atoms with Crippen molar-refractivity contribution < 1.29 is 18.7 Å². The fraction of sp³-hybridized carbons (Fsp3) is 0.222. The highest BCUT2D eigenvalue weighted by atomic mass is 35.5. The predicted octanol–water partition coefficient (Wildman–Crippen LogP) is 3.27. The molecule has 0 saturated heterocycles. The lowest BCUT2D eigenvalue weighted by molar-refractivity contribution is -0.122. The molecule has 0 aromatic heterocycles. The molecule has 0 radical (unpaired) electrons. The van der Waals surface area contributed by atoms with Gasteiger partial charge in [0.25, 0.3) is 11.8 Å². The molecular weight excluding hydrogens is 347 g/mol. The first-order valence-corrected chi connectivity index (χ1v) is 8.06. The van der Waals surface area contributed by atoms with Gasteiger partial charge in [0.2, 0.25) is 0 Å². The van der Waals surface area contributed by atoms with Crippen LogP contribution in [0.5, 0.6) is 0 Å². The fourth-order valence-corrected chi connectivity index (χ4v) is 3.04. The van der Waals surface area contributed by atoms with Crippen LogP contribution in [0.1, 0.15) is 15.9 Å². The molecule has 3 rings (SSSR count). The standard InChI is InChI=1S/C18H16ClFN2O3/c1-25-10-17(23)22-7-6-11-2-4-13(9-16(11)22)21-18(24)14-5-3-12(20)8-15(14)19/h2-5,8-9H,6-7,10H2,1H3,(H,21,24). The minimum absolute atomic E-state index is 0.00120. The van der Waals surface area contributed by atoms with Crippen LogP contribution in [0.25, 0.3) is 0 Å². The molecule has 5 nitrogen and oxygen atoms in total. The van der Waals surface area contributed by atoms with Gasteiger partial charge in [-0.1, -0.05) is 17.7 Å². The van der Waals surface area contributed by atoms with Crippen LogP contribution >= 0.6 is 11.6 Å². The molecule has 25 heavy (non-hydrogen) atoms. The monoisotopic (exact) mass is 362 g/mol. The van der Waals surface area contributed by atoms with Crippen LogP contribution < -0.4 is 10.2 Å². The van der Waals surface area contributed by atoms with Crippen LogP contribution in [0.4, 0.5) is 15.8 Å². The van der Waals surface area contributed by atoms with Gasteiger partial charge in [0.15, 0.2) is 0 Å². The predicted molar refractivity (Wildman–Crippen MR) is 93.7 cm³/mol. The molecule has 0 unspecified atom stereocenters. The Hall–Kier alpha value is -2.44. The Bertz CT molecular complexity index is 841. The van der Waals surface area contributed by atoms with E-state index >= 15 is 0 Å².